The molecule has 0 aliphatic heterocycles. The van der Waals surface area contributed by atoms with E-state index in [1.165, 1.54) is 5.56 Å². The normalized spacial score (nSPS) is 10.3. The molecule has 5 heteroatoms. The molecule has 0 bridgehead atoms. The fourth-order valence-corrected chi connectivity index (χ4v) is 2.47. The summed E-state index contributed by atoms with van der Waals surface area (Å²) < 4.78 is 0.905. The fourth-order valence-electron chi connectivity index (χ4n) is 1.26. The lowest BCUT2D eigenvalue weighted by atomic mass is 10.2. The number of nitrogens with one attached hydrogen (secondary N) is 1. The molecule has 2 rings (SSSR count). The van der Waals surface area contributed by atoms with E-state index in [2.05, 4.69) is 62.4 Å². The molecule has 1 heterocycles. The third-order valence-corrected chi connectivity index (χ3v) is 4.03. The van der Waals surface area contributed by atoms with Crippen molar-refractivity contribution in [2.24, 2.45) is 0 Å². The van der Waals surface area contributed by atoms with Crippen LogP contribution < -0.4 is 5.32 Å². The Bertz CT molecular complexity index is 514. The predicted octanol–water partition coefficient (Wildman–Crippen LogP) is 3.74. The molecule has 0 aliphatic rings. The van der Waals surface area contributed by atoms with Crippen LogP contribution in [0.5, 0.6) is 0 Å². The van der Waals surface area contributed by atoms with Gasteiger partial charge < -0.3 is 5.32 Å². The van der Waals surface area contributed by atoms with Crippen molar-refractivity contribution >= 4 is 33.6 Å². The second-order valence-electron chi connectivity index (χ2n) is 3.51. The molecular formula is C12H12BrN3S. The number of nitrogens with zero attached hydrogens (tertiary/aromatic N) is 2. The maximum Gasteiger partial charge on any atom is 0.223 e. The van der Waals surface area contributed by atoms with Gasteiger partial charge in [-0.1, -0.05) is 29.5 Å². The van der Waals surface area contributed by atoms with E-state index in [4.69, 9.17) is 0 Å². The first-order valence-electron chi connectivity index (χ1n) is 5.14. The Balaban J connectivity index is 2.25. The number of aryl methyl sites for hydroxylation is 1. The minimum atomic E-state index is 0.628. The summed E-state index contributed by atoms with van der Waals surface area (Å²) in [5.41, 5.74) is 1.26. The minimum Gasteiger partial charge on any atom is -0.357 e. The van der Waals surface area contributed by atoms with Gasteiger partial charge >= 0.3 is 0 Å². The van der Waals surface area contributed by atoms with Crippen LogP contribution >= 0.6 is 27.7 Å². The summed E-state index contributed by atoms with van der Waals surface area (Å²) in [6, 6.07) is 8.37. The number of aromatic nitrogens is 2. The van der Waals surface area contributed by atoms with Crippen LogP contribution in [-0.4, -0.2) is 17.0 Å². The largest absolute Gasteiger partial charge is 0.357 e. The Kier molecular flexibility index (Phi) is 4.02. The Labute approximate surface area is 113 Å². The number of halogens is 1. The van der Waals surface area contributed by atoms with Gasteiger partial charge in [-0.3, -0.25) is 0 Å². The molecule has 1 N–H and O–H groups in total. The summed E-state index contributed by atoms with van der Waals surface area (Å²) in [5.74, 6) is 0.628. The Morgan fingerprint density at radius 2 is 1.94 bits per heavy atom. The average Bonchev–Trinajstić information content (AvgIpc) is 2.35. The molecule has 0 spiro atoms. The van der Waals surface area contributed by atoms with E-state index in [1.807, 2.05) is 7.05 Å². The van der Waals surface area contributed by atoms with Crippen molar-refractivity contribution in [3.63, 3.8) is 0 Å². The molecule has 0 fully saturated rings. The highest BCUT2D eigenvalue weighted by Crippen LogP contribution is 2.32. The van der Waals surface area contributed by atoms with Crippen LogP contribution in [0.25, 0.3) is 0 Å². The van der Waals surface area contributed by atoms with E-state index in [0.717, 1.165) is 14.4 Å². The Hall–Kier alpha value is -1.07. The van der Waals surface area contributed by atoms with E-state index in [-0.39, 0.29) is 0 Å². The summed E-state index contributed by atoms with van der Waals surface area (Å²) in [6.07, 6.45) is 1.76. The molecule has 1 aromatic carbocycles. The molecule has 0 aliphatic carbocycles. The Morgan fingerprint density at radius 1 is 1.24 bits per heavy atom. The van der Waals surface area contributed by atoms with Crippen molar-refractivity contribution in [3.05, 3.63) is 40.5 Å². The van der Waals surface area contributed by atoms with Gasteiger partial charge in [0.1, 0.15) is 5.03 Å². The zero-order chi connectivity index (χ0) is 12.3. The third kappa shape index (κ3) is 3.20. The highest BCUT2D eigenvalue weighted by atomic mass is 79.9. The smallest absolute Gasteiger partial charge is 0.223 e. The van der Waals surface area contributed by atoms with Gasteiger partial charge in [0.25, 0.3) is 0 Å². The molecule has 0 radical (unpaired) electrons. The molecule has 0 amide bonds. The highest BCUT2D eigenvalue weighted by molar-refractivity contribution is 9.10. The van der Waals surface area contributed by atoms with E-state index in [9.17, 15) is 0 Å². The van der Waals surface area contributed by atoms with Gasteiger partial charge in [-0.25, -0.2) is 9.97 Å². The quantitative estimate of drug-likeness (QED) is 0.877. The molecule has 88 valence electrons. The Morgan fingerprint density at radius 3 is 2.59 bits per heavy atom. The van der Waals surface area contributed by atoms with Gasteiger partial charge in [-0.15, -0.1) is 0 Å². The monoisotopic (exact) mass is 309 g/mol. The van der Waals surface area contributed by atoms with Gasteiger partial charge in [0.2, 0.25) is 5.95 Å². The van der Waals surface area contributed by atoms with Crippen LogP contribution in [0.4, 0.5) is 5.95 Å². The van der Waals surface area contributed by atoms with Crippen LogP contribution in [0.3, 0.4) is 0 Å². The van der Waals surface area contributed by atoms with Crippen molar-refractivity contribution in [2.75, 3.05) is 12.4 Å². The maximum atomic E-state index is 4.40. The SMILES string of the molecule is CNc1ncc(Br)c(Sc2ccc(C)cc2)n1. The second kappa shape index (κ2) is 5.51. The molecule has 1 aromatic heterocycles. The molecular weight excluding hydrogens is 298 g/mol. The lowest BCUT2D eigenvalue weighted by molar-refractivity contribution is 1.03. The van der Waals surface area contributed by atoms with Crippen LogP contribution in [0.2, 0.25) is 0 Å². The van der Waals surface area contributed by atoms with Crippen LogP contribution in [0.1, 0.15) is 5.56 Å². The molecule has 3 nitrogen and oxygen atoms in total. The minimum absolute atomic E-state index is 0.628. The first-order chi connectivity index (χ1) is 8.19. The van der Waals surface area contributed by atoms with E-state index in [1.54, 1.807) is 18.0 Å². The lowest BCUT2D eigenvalue weighted by Crippen LogP contribution is -1.97. The molecule has 2 aromatic rings. The van der Waals surface area contributed by atoms with Crippen molar-refractivity contribution in [2.45, 2.75) is 16.8 Å². The third-order valence-electron chi connectivity index (χ3n) is 2.17. The van der Waals surface area contributed by atoms with Gasteiger partial charge in [0.15, 0.2) is 0 Å². The lowest BCUT2D eigenvalue weighted by Gasteiger charge is -2.05. The summed E-state index contributed by atoms with van der Waals surface area (Å²) in [5, 5.41) is 3.84. The van der Waals surface area contributed by atoms with Crippen molar-refractivity contribution in [1.29, 1.82) is 0 Å². The number of hydrogen-bond acceptors (Lipinski definition) is 4. The van der Waals surface area contributed by atoms with Crippen molar-refractivity contribution < 1.29 is 0 Å². The number of hydrogen-bond donors (Lipinski definition) is 1. The second-order valence-corrected chi connectivity index (χ2v) is 5.43. The number of benzene rings is 1. The van der Waals surface area contributed by atoms with E-state index >= 15 is 0 Å². The molecule has 17 heavy (non-hydrogen) atoms. The first kappa shape index (κ1) is 12.4. The van der Waals surface area contributed by atoms with Crippen molar-refractivity contribution in [3.8, 4) is 0 Å². The zero-order valence-electron chi connectivity index (χ0n) is 9.57. The first-order valence-corrected chi connectivity index (χ1v) is 6.75. The summed E-state index contributed by atoms with van der Waals surface area (Å²) in [6.45, 7) is 2.08. The topological polar surface area (TPSA) is 37.8 Å². The standard InChI is InChI=1S/C12H12BrN3S/c1-8-3-5-9(6-4-8)17-11-10(13)7-15-12(14-2)16-11/h3-7H,1-2H3,(H,14,15,16). The van der Waals surface area contributed by atoms with Gasteiger partial charge in [-0.2, -0.15) is 0 Å². The summed E-state index contributed by atoms with van der Waals surface area (Å²) in [7, 11) is 1.81. The number of anilines is 1. The zero-order valence-corrected chi connectivity index (χ0v) is 12.0. The predicted molar refractivity (Wildman–Crippen MR) is 74.6 cm³/mol. The van der Waals surface area contributed by atoms with Crippen LogP contribution in [0, 0.1) is 6.92 Å². The highest BCUT2D eigenvalue weighted by Gasteiger charge is 2.06. The van der Waals surface area contributed by atoms with E-state index < -0.39 is 0 Å². The van der Waals surface area contributed by atoms with E-state index in [0.29, 0.717) is 5.95 Å². The summed E-state index contributed by atoms with van der Waals surface area (Å²) >= 11 is 5.07. The van der Waals surface area contributed by atoms with Gasteiger partial charge in [0, 0.05) is 18.1 Å². The van der Waals surface area contributed by atoms with Gasteiger partial charge in [0.05, 0.1) is 4.47 Å². The number of rotatable bonds is 3. The molecule has 0 atom stereocenters. The molecule has 0 unspecified atom stereocenters. The summed E-state index contributed by atoms with van der Waals surface area (Å²) in [4.78, 5) is 9.70. The maximum absolute atomic E-state index is 4.40. The van der Waals surface area contributed by atoms with Crippen LogP contribution in [0.15, 0.2) is 44.9 Å². The molecule has 0 saturated carbocycles. The molecule has 0 saturated heterocycles. The fraction of sp³-hybridized carbons (Fsp3) is 0.167. The van der Waals surface area contributed by atoms with Crippen LogP contribution in [-0.2, 0) is 0 Å². The van der Waals surface area contributed by atoms with Crippen molar-refractivity contribution in [1.82, 2.24) is 9.97 Å². The average molecular weight is 310 g/mol. The van der Waals surface area contributed by atoms with Gasteiger partial charge in [-0.05, 0) is 35.0 Å².